The molecule has 0 aliphatic rings. The molecule has 0 spiro atoms. The van der Waals surface area contributed by atoms with Crippen molar-refractivity contribution in [3.63, 3.8) is 0 Å². The Bertz CT molecular complexity index is 1020. The summed E-state index contributed by atoms with van der Waals surface area (Å²) in [6, 6.07) is 0.367. The van der Waals surface area contributed by atoms with Crippen LogP contribution in [-0.4, -0.2) is 81.6 Å². The zero-order valence-electron chi connectivity index (χ0n) is 21.3. The van der Waals surface area contributed by atoms with Crippen LogP contribution in [0.3, 0.4) is 0 Å². The summed E-state index contributed by atoms with van der Waals surface area (Å²) < 4.78 is 0. The lowest BCUT2D eigenvalue weighted by Crippen LogP contribution is -2.58. The van der Waals surface area contributed by atoms with E-state index >= 15 is 0 Å². The van der Waals surface area contributed by atoms with E-state index < -0.39 is 79.0 Å². The molecule has 12 N–H and O–H groups in total. The van der Waals surface area contributed by atoms with Gasteiger partial charge in [0.15, 0.2) is 0 Å². The molecule has 0 saturated carbocycles. The van der Waals surface area contributed by atoms with E-state index in [0.29, 0.717) is 24.9 Å². The largest absolute Gasteiger partial charge is 0.508 e. The Labute approximate surface area is 224 Å². The van der Waals surface area contributed by atoms with E-state index in [1.807, 2.05) is 0 Å². The number of phenols is 1. The van der Waals surface area contributed by atoms with Gasteiger partial charge in [-0.05, 0) is 56.3 Å². The predicted octanol–water partition coefficient (Wildman–Crippen LogP) is -2.33. The number of carboxylic acids is 2. The summed E-state index contributed by atoms with van der Waals surface area (Å²) >= 11 is 0. The van der Waals surface area contributed by atoms with Gasteiger partial charge in [-0.1, -0.05) is 12.1 Å². The third-order valence-electron chi connectivity index (χ3n) is 5.61. The molecular formula is C24H36N6O9. The van der Waals surface area contributed by atoms with Crippen LogP contribution in [0.4, 0.5) is 0 Å². The number of amides is 4. The summed E-state index contributed by atoms with van der Waals surface area (Å²) in [5.41, 5.74) is 17.1. The number of aromatic hydroxyl groups is 1. The molecular weight excluding hydrogens is 516 g/mol. The number of carbonyl (C=O) groups is 6. The van der Waals surface area contributed by atoms with Crippen molar-refractivity contribution in [2.24, 2.45) is 17.2 Å². The first-order chi connectivity index (χ1) is 18.3. The first-order valence-corrected chi connectivity index (χ1v) is 12.2. The Morgan fingerprint density at radius 2 is 1.36 bits per heavy atom. The van der Waals surface area contributed by atoms with Gasteiger partial charge < -0.3 is 48.5 Å². The quantitative estimate of drug-likeness (QED) is 0.0871. The fraction of sp³-hybridized carbons (Fsp3) is 0.500. The molecule has 216 valence electrons. The van der Waals surface area contributed by atoms with Gasteiger partial charge in [-0.2, -0.15) is 0 Å². The first-order valence-electron chi connectivity index (χ1n) is 12.2. The van der Waals surface area contributed by atoms with Crippen molar-refractivity contribution in [3.05, 3.63) is 29.8 Å². The molecule has 0 radical (unpaired) electrons. The minimum Gasteiger partial charge on any atom is -0.508 e. The Balaban J connectivity index is 2.98. The number of phenolic OH excluding ortho intramolecular Hbond substituents is 1. The fourth-order valence-electron chi connectivity index (χ4n) is 3.50. The summed E-state index contributed by atoms with van der Waals surface area (Å²) in [5, 5.41) is 34.7. The standard InChI is InChI=1S/C24H36N6O9/c25-10-2-1-3-17(24(38)39)29-22(36)16(8-9-20(33)34)28-23(37)18(12-19(27)32)30-21(35)15(26)11-13-4-6-14(31)7-5-13/h4-7,15-18,31H,1-3,8-12,25-26H2,(H2,27,32)(H,28,37)(H,29,36)(H,30,35)(H,33,34)(H,38,39). The molecule has 4 unspecified atom stereocenters. The zero-order chi connectivity index (χ0) is 29.5. The Morgan fingerprint density at radius 1 is 0.795 bits per heavy atom. The van der Waals surface area contributed by atoms with Gasteiger partial charge in [0.05, 0.1) is 12.5 Å². The van der Waals surface area contributed by atoms with Gasteiger partial charge in [-0.15, -0.1) is 0 Å². The third-order valence-corrected chi connectivity index (χ3v) is 5.61. The van der Waals surface area contributed by atoms with E-state index in [2.05, 4.69) is 16.0 Å². The number of carbonyl (C=O) groups excluding carboxylic acids is 4. The summed E-state index contributed by atoms with van der Waals surface area (Å²) in [5.74, 6) is -6.35. The topological polar surface area (TPSA) is 277 Å². The number of hydrogen-bond donors (Lipinski definition) is 9. The molecule has 0 heterocycles. The summed E-state index contributed by atoms with van der Waals surface area (Å²) in [6.45, 7) is 0.323. The van der Waals surface area contributed by atoms with Gasteiger partial charge >= 0.3 is 11.9 Å². The molecule has 4 atom stereocenters. The number of nitrogens with two attached hydrogens (primary N) is 3. The van der Waals surface area contributed by atoms with E-state index in [0.717, 1.165) is 0 Å². The van der Waals surface area contributed by atoms with Crippen molar-refractivity contribution in [2.75, 3.05) is 6.54 Å². The highest BCUT2D eigenvalue weighted by Crippen LogP contribution is 2.11. The van der Waals surface area contributed by atoms with Gasteiger partial charge in [-0.3, -0.25) is 24.0 Å². The fourth-order valence-corrected chi connectivity index (χ4v) is 3.50. The van der Waals surface area contributed by atoms with Crippen LogP contribution < -0.4 is 33.2 Å². The molecule has 0 aromatic heterocycles. The molecule has 15 heteroatoms. The van der Waals surface area contributed by atoms with E-state index in [1.165, 1.54) is 12.1 Å². The first kappa shape index (κ1) is 32.8. The SMILES string of the molecule is NCCCCC(NC(=O)C(CCC(=O)O)NC(=O)C(CC(N)=O)NC(=O)C(N)Cc1ccc(O)cc1)C(=O)O. The lowest BCUT2D eigenvalue weighted by molar-refractivity contribution is -0.143. The Kier molecular flexibility index (Phi) is 13.9. The van der Waals surface area contributed by atoms with Crippen LogP contribution in [-0.2, 0) is 35.2 Å². The molecule has 1 rings (SSSR count). The summed E-state index contributed by atoms with van der Waals surface area (Å²) in [6.07, 6.45) is -0.612. The van der Waals surface area contributed by atoms with E-state index in [4.69, 9.17) is 22.3 Å². The van der Waals surface area contributed by atoms with Gasteiger partial charge in [0.25, 0.3) is 0 Å². The second-order valence-electron chi connectivity index (χ2n) is 8.89. The number of rotatable bonds is 18. The van der Waals surface area contributed by atoms with Crippen LogP contribution >= 0.6 is 0 Å². The molecule has 0 bridgehead atoms. The van der Waals surface area contributed by atoms with Crippen molar-refractivity contribution >= 4 is 35.6 Å². The minimum atomic E-state index is -1.55. The maximum atomic E-state index is 13.0. The van der Waals surface area contributed by atoms with E-state index in [9.17, 15) is 39.0 Å². The molecule has 4 amide bonds. The highest BCUT2D eigenvalue weighted by atomic mass is 16.4. The van der Waals surface area contributed by atoms with Gasteiger partial charge in [0.2, 0.25) is 23.6 Å². The van der Waals surface area contributed by atoms with Gasteiger partial charge in [0.1, 0.15) is 23.9 Å². The van der Waals surface area contributed by atoms with E-state index in [-0.39, 0.29) is 18.6 Å². The highest BCUT2D eigenvalue weighted by Gasteiger charge is 2.31. The zero-order valence-corrected chi connectivity index (χ0v) is 21.3. The number of benzene rings is 1. The molecule has 0 saturated heterocycles. The highest BCUT2D eigenvalue weighted by molar-refractivity contribution is 5.96. The van der Waals surface area contributed by atoms with Gasteiger partial charge in [-0.25, -0.2) is 4.79 Å². The van der Waals surface area contributed by atoms with Crippen LogP contribution in [0.1, 0.15) is 44.1 Å². The molecule has 39 heavy (non-hydrogen) atoms. The Hall–Kier alpha value is -4.24. The van der Waals surface area contributed by atoms with Crippen molar-refractivity contribution in [1.82, 2.24) is 16.0 Å². The molecule has 1 aromatic rings. The number of hydrogen-bond acceptors (Lipinski definition) is 9. The van der Waals surface area contributed by atoms with Gasteiger partial charge in [0, 0.05) is 6.42 Å². The van der Waals surface area contributed by atoms with Crippen molar-refractivity contribution in [2.45, 2.75) is 69.1 Å². The molecule has 15 nitrogen and oxygen atoms in total. The molecule has 0 aliphatic heterocycles. The van der Waals surface area contributed by atoms with Crippen LogP contribution in [0.25, 0.3) is 0 Å². The second kappa shape index (κ2) is 16.6. The van der Waals surface area contributed by atoms with Crippen molar-refractivity contribution in [3.8, 4) is 5.75 Å². The number of carboxylic acid groups (broad SMARTS) is 2. The third kappa shape index (κ3) is 12.7. The average Bonchev–Trinajstić information content (AvgIpc) is 2.86. The maximum absolute atomic E-state index is 13.0. The monoisotopic (exact) mass is 552 g/mol. The summed E-state index contributed by atoms with van der Waals surface area (Å²) in [4.78, 5) is 72.6. The van der Waals surface area contributed by atoms with Crippen LogP contribution in [0.2, 0.25) is 0 Å². The minimum absolute atomic E-state index is 0.0155. The Morgan fingerprint density at radius 3 is 1.90 bits per heavy atom. The smallest absolute Gasteiger partial charge is 0.326 e. The van der Waals surface area contributed by atoms with Crippen LogP contribution in [0, 0.1) is 0 Å². The number of unbranched alkanes of at least 4 members (excludes halogenated alkanes) is 1. The average molecular weight is 553 g/mol. The lowest BCUT2D eigenvalue weighted by atomic mass is 10.0. The number of primary amides is 1. The summed E-state index contributed by atoms with van der Waals surface area (Å²) in [7, 11) is 0. The van der Waals surface area contributed by atoms with Crippen LogP contribution in [0.15, 0.2) is 24.3 Å². The predicted molar refractivity (Wildman–Crippen MR) is 137 cm³/mol. The normalized spacial score (nSPS) is 13.8. The number of nitrogens with one attached hydrogen (secondary N) is 3. The maximum Gasteiger partial charge on any atom is 0.326 e. The molecule has 1 aromatic carbocycles. The second-order valence-corrected chi connectivity index (χ2v) is 8.89. The lowest BCUT2D eigenvalue weighted by Gasteiger charge is -2.24. The molecule has 0 aliphatic carbocycles. The molecule has 0 fully saturated rings. The number of aliphatic carboxylic acids is 2. The van der Waals surface area contributed by atoms with Crippen molar-refractivity contribution in [1.29, 1.82) is 0 Å². The van der Waals surface area contributed by atoms with E-state index in [1.54, 1.807) is 12.1 Å². The van der Waals surface area contributed by atoms with Crippen LogP contribution in [0.5, 0.6) is 5.75 Å². The van der Waals surface area contributed by atoms with Crippen molar-refractivity contribution < 1.29 is 44.1 Å².